The molecule has 0 radical (unpaired) electrons. The van der Waals surface area contributed by atoms with Crippen molar-refractivity contribution in [2.75, 3.05) is 10.8 Å². The Bertz CT molecular complexity index is 1510. The van der Waals surface area contributed by atoms with Gasteiger partial charge in [-0.1, -0.05) is 78.3 Å². The first-order chi connectivity index (χ1) is 20.0. The summed E-state index contributed by atoms with van der Waals surface area (Å²) in [6.07, 6.45) is 4.20. The van der Waals surface area contributed by atoms with E-state index < -0.39 is 28.5 Å². The summed E-state index contributed by atoms with van der Waals surface area (Å²) < 4.78 is 28.9. The van der Waals surface area contributed by atoms with Gasteiger partial charge in [-0.3, -0.25) is 13.9 Å². The second-order valence-electron chi connectivity index (χ2n) is 10.5. The van der Waals surface area contributed by atoms with Crippen LogP contribution in [-0.2, 0) is 26.2 Å². The maximum absolute atomic E-state index is 14.2. The summed E-state index contributed by atoms with van der Waals surface area (Å²) in [5.74, 6) is -0.798. The van der Waals surface area contributed by atoms with Crippen molar-refractivity contribution in [2.45, 2.75) is 69.5 Å². The van der Waals surface area contributed by atoms with Crippen molar-refractivity contribution >= 4 is 62.3 Å². The molecule has 4 rings (SSSR count). The predicted octanol–water partition coefficient (Wildman–Crippen LogP) is 7.02. The normalized spacial score (nSPS) is 14.4. The van der Waals surface area contributed by atoms with Gasteiger partial charge in [0, 0.05) is 17.6 Å². The first-order valence-corrected chi connectivity index (χ1v) is 16.5. The summed E-state index contributed by atoms with van der Waals surface area (Å²) in [6.45, 7) is 3.23. The smallest absolute Gasteiger partial charge is 0.264 e. The number of hydrogen-bond acceptors (Lipinski definition) is 4. The van der Waals surface area contributed by atoms with E-state index in [1.807, 2.05) is 13.8 Å². The molecule has 0 aliphatic heterocycles. The third-order valence-corrected chi connectivity index (χ3v) is 10.2. The Hall–Kier alpha value is -2.78. The number of benzene rings is 3. The Balaban J connectivity index is 1.72. The van der Waals surface area contributed by atoms with E-state index in [1.165, 1.54) is 29.2 Å². The van der Waals surface area contributed by atoms with Crippen molar-refractivity contribution in [3.8, 4) is 0 Å². The molecule has 3 aromatic carbocycles. The van der Waals surface area contributed by atoms with Gasteiger partial charge in [0.1, 0.15) is 12.6 Å². The predicted molar refractivity (Wildman–Crippen MR) is 169 cm³/mol. The van der Waals surface area contributed by atoms with E-state index in [1.54, 1.807) is 42.5 Å². The molecule has 2 amide bonds. The Morgan fingerprint density at radius 2 is 1.57 bits per heavy atom. The van der Waals surface area contributed by atoms with E-state index >= 15 is 0 Å². The molecular weight excluding hydrogens is 617 g/mol. The molecule has 3 aromatic rings. The number of nitrogens with zero attached hydrogens (tertiary/aromatic N) is 2. The van der Waals surface area contributed by atoms with Crippen LogP contribution in [0.1, 0.15) is 50.2 Å². The van der Waals surface area contributed by atoms with Gasteiger partial charge in [0.15, 0.2) is 0 Å². The van der Waals surface area contributed by atoms with E-state index in [0.717, 1.165) is 35.6 Å². The number of anilines is 1. The molecule has 0 aromatic heterocycles. The molecule has 1 fully saturated rings. The lowest BCUT2D eigenvalue weighted by Crippen LogP contribution is -2.53. The average Bonchev–Trinajstić information content (AvgIpc) is 3.47. The number of hydrogen-bond donors (Lipinski definition) is 1. The SMILES string of the molecule is CC[C@H](C(=O)NC1CCCC1)N(Cc1ccc(Cl)c(Cl)c1)C(=O)CN(c1ccc(C)cc1)S(=O)(=O)c1ccc(Cl)cc1. The highest BCUT2D eigenvalue weighted by molar-refractivity contribution is 7.92. The third-order valence-electron chi connectivity index (χ3n) is 7.43. The molecule has 42 heavy (non-hydrogen) atoms. The Morgan fingerprint density at radius 3 is 2.17 bits per heavy atom. The summed E-state index contributed by atoms with van der Waals surface area (Å²) in [6, 6.07) is 16.9. The summed E-state index contributed by atoms with van der Waals surface area (Å²) in [4.78, 5) is 29.1. The number of halogens is 3. The van der Waals surface area contributed by atoms with Crippen molar-refractivity contribution < 1.29 is 18.0 Å². The highest BCUT2D eigenvalue weighted by Gasteiger charge is 2.34. The summed E-state index contributed by atoms with van der Waals surface area (Å²) in [5, 5.41) is 4.17. The van der Waals surface area contributed by atoms with Gasteiger partial charge >= 0.3 is 0 Å². The van der Waals surface area contributed by atoms with Crippen LogP contribution >= 0.6 is 34.8 Å². The molecule has 0 saturated heterocycles. The second-order valence-corrected chi connectivity index (χ2v) is 13.6. The molecule has 1 aliphatic rings. The molecule has 1 aliphatic carbocycles. The fourth-order valence-corrected chi connectivity index (χ4v) is 6.96. The zero-order valence-electron chi connectivity index (χ0n) is 23.5. The molecule has 7 nitrogen and oxygen atoms in total. The Kier molecular flexibility index (Phi) is 10.8. The van der Waals surface area contributed by atoms with Gasteiger partial charge in [-0.05, 0) is 80.3 Å². The zero-order valence-corrected chi connectivity index (χ0v) is 26.6. The Morgan fingerprint density at radius 1 is 0.929 bits per heavy atom. The maximum Gasteiger partial charge on any atom is 0.264 e. The number of sulfonamides is 1. The number of aryl methyl sites for hydroxylation is 1. The quantitative estimate of drug-likeness (QED) is 0.242. The van der Waals surface area contributed by atoms with E-state index in [0.29, 0.717) is 32.7 Å². The fraction of sp³-hybridized carbons (Fsp3) is 0.355. The van der Waals surface area contributed by atoms with Crippen LogP contribution in [0.3, 0.4) is 0 Å². The van der Waals surface area contributed by atoms with E-state index in [4.69, 9.17) is 34.8 Å². The van der Waals surface area contributed by atoms with Crippen LogP contribution in [0.4, 0.5) is 5.69 Å². The minimum Gasteiger partial charge on any atom is -0.352 e. The van der Waals surface area contributed by atoms with Crippen LogP contribution < -0.4 is 9.62 Å². The van der Waals surface area contributed by atoms with Gasteiger partial charge in [0.05, 0.1) is 20.6 Å². The van der Waals surface area contributed by atoms with Crippen molar-refractivity contribution in [3.05, 3.63) is 92.9 Å². The number of carbonyl (C=O) groups excluding carboxylic acids is 2. The number of carbonyl (C=O) groups is 2. The molecule has 1 N–H and O–H groups in total. The van der Waals surface area contributed by atoms with Crippen LogP contribution in [0.15, 0.2) is 71.6 Å². The average molecular weight is 651 g/mol. The monoisotopic (exact) mass is 649 g/mol. The minimum absolute atomic E-state index is 0.0117. The van der Waals surface area contributed by atoms with Crippen LogP contribution in [0, 0.1) is 6.92 Å². The van der Waals surface area contributed by atoms with Crippen LogP contribution in [0.25, 0.3) is 0 Å². The molecule has 0 spiro atoms. The lowest BCUT2D eigenvalue weighted by Gasteiger charge is -2.34. The van der Waals surface area contributed by atoms with E-state index in [9.17, 15) is 18.0 Å². The molecule has 1 saturated carbocycles. The lowest BCUT2D eigenvalue weighted by molar-refractivity contribution is -0.140. The highest BCUT2D eigenvalue weighted by atomic mass is 35.5. The molecule has 1 atom stereocenters. The van der Waals surface area contributed by atoms with Crippen molar-refractivity contribution in [2.24, 2.45) is 0 Å². The lowest BCUT2D eigenvalue weighted by atomic mass is 10.1. The molecule has 0 heterocycles. The van der Waals surface area contributed by atoms with Gasteiger partial charge in [-0.25, -0.2) is 8.42 Å². The highest BCUT2D eigenvalue weighted by Crippen LogP contribution is 2.28. The first kappa shape index (κ1) is 32.1. The fourth-order valence-electron chi connectivity index (χ4n) is 5.10. The van der Waals surface area contributed by atoms with Crippen LogP contribution in [0.2, 0.25) is 15.1 Å². The van der Waals surface area contributed by atoms with Gasteiger partial charge in [0.25, 0.3) is 10.0 Å². The number of nitrogens with one attached hydrogen (secondary N) is 1. The standard InChI is InChI=1S/C31H34Cl3N3O4S/c1-3-29(31(39)35-24-6-4-5-7-24)36(19-22-10-17-27(33)28(34)18-22)30(38)20-37(25-13-8-21(2)9-14-25)42(40,41)26-15-11-23(32)12-16-26/h8-18,24,29H,3-7,19-20H2,1-2H3,(H,35,39)/t29-/m1/s1. The largest absolute Gasteiger partial charge is 0.352 e. The number of amides is 2. The summed E-state index contributed by atoms with van der Waals surface area (Å²) >= 11 is 18.4. The minimum atomic E-state index is -4.18. The summed E-state index contributed by atoms with van der Waals surface area (Å²) in [5.41, 5.74) is 1.92. The van der Waals surface area contributed by atoms with Gasteiger partial charge < -0.3 is 10.2 Å². The van der Waals surface area contributed by atoms with Gasteiger partial charge in [0.2, 0.25) is 11.8 Å². The number of rotatable bonds is 11. The van der Waals surface area contributed by atoms with Gasteiger partial charge in [-0.15, -0.1) is 0 Å². The van der Waals surface area contributed by atoms with Gasteiger partial charge in [-0.2, -0.15) is 0 Å². The van der Waals surface area contributed by atoms with Crippen molar-refractivity contribution in [1.82, 2.24) is 10.2 Å². The first-order valence-electron chi connectivity index (χ1n) is 13.9. The molecular formula is C31H34Cl3N3O4S. The molecule has 0 unspecified atom stereocenters. The van der Waals surface area contributed by atoms with E-state index in [2.05, 4.69) is 5.32 Å². The van der Waals surface area contributed by atoms with Crippen LogP contribution in [-0.4, -0.2) is 43.8 Å². The van der Waals surface area contributed by atoms with E-state index in [-0.39, 0.29) is 23.4 Å². The van der Waals surface area contributed by atoms with Crippen molar-refractivity contribution in [1.29, 1.82) is 0 Å². The topological polar surface area (TPSA) is 86.8 Å². The molecule has 224 valence electrons. The summed E-state index contributed by atoms with van der Waals surface area (Å²) in [7, 11) is -4.18. The molecule has 0 bridgehead atoms. The Labute approximate surface area is 262 Å². The zero-order chi connectivity index (χ0) is 30.4. The second kappa shape index (κ2) is 14.1. The van der Waals surface area contributed by atoms with Crippen LogP contribution in [0.5, 0.6) is 0 Å². The van der Waals surface area contributed by atoms with Crippen molar-refractivity contribution in [3.63, 3.8) is 0 Å². The third kappa shape index (κ3) is 7.78. The molecule has 11 heteroatoms. The maximum atomic E-state index is 14.2.